The largest absolute Gasteiger partial charge is 0.417 e. The first-order valence-electron chi connectivity index (χ1n) is 10.7. The molecule has 7 nitrogen and oxygen atoms in total. The highest BCUT2D eigenvalue weighted by Gasteiger charge is 2.34. The van der Waals surface area contributed by atoms with Crippen LogP contribution in [0.25, 0.3) is 11.4 Å². The number of amidine groups is 1. The zero-order valence-electron chi connectivity index (χ0n) is 18.3. The number of likely N-dealkylation sites (N-methyl/N-ethyl adjacent to an activating group) is 1. The molecule has 1 fully saturated rings. The van der Waals surface area contributed by atoms with Gasteiger partial charge in [-0.2, -0.15) is 13.2 Å². The van der Waals surface area contributed by atoms with Crippen LogP contribution in [0.2, 0.25) is 0 Å². The van der Waals surface area contributed by atoms with E-state index in [0.717, 1.165) is 25.6 Å². The van der Waals surface area contributed by atoms with Gasteiger partial charge in [-0.05, 0) is 32.0 Å². The maximum Gasteiger partial charge on any atom is 0.417 e. The number of alkyl halides is 3. The van der Waals surface area contributed by atoms with Crippen molar-refractivity contribution in [1.29, 1.82) is 0 Å². The van der Waals surface area contributed by atoms with Gasteiger partial charge in [0.1, 0.15) is 11.7 Å². The Hall–Kier alpha value is -3.40. The molecule has 1 aromatic heterocycles. The smallest absolute Gasteiger partial charge is 0.398 e. The first-order valence-corrected chi connectivity index (χ1v) is 10.7. The van der Waals surface area contributed by atoms with E-state index in [2.05, 4.69) is 19.9 Å². The molecule has 2 aromatic rings. The van der Waals surface area contributed by atoms with Gasteiger partial charge in [-0.25, -0.2) is 15.0 Å². The highest BCUT2D eigenvalue weighted by atomic mass is 19.4. The lowest BCUT2D eigenvalue weighted by atomic mass is 10.0. The van der Waals surface area contributed by atoms with Crippen LogP contribution in [0.4, 0.5) is 24.8 Å². The lowest BCUT2D eigenvalue weighted by Crippen LogP contribution is -2.44. The third-order valence-electron chi connectivity index (χ3n) is 5.75. The fourth-order valence-electron chi connectivity index (χ4n) is 3.87. The van der Waals surface area contributed by atoms with Gasteiger partial charge in [0.15, 0.2) is 11.6 Å². The predicted octanol–water partition coefficient (Wildman–Crippen LogP) is 3.47. The topological polar surface area (TPSA) is 96.7 Å². The van der Waals surface area contributed by atoms with Crippen molar-refractivity contribution in [2.75, 3.05) is 38.1 Å². The average molecular weight is 458 g/mol. The molecule has 1 aliphatic heterocycles. The van der Waals surface area contributed by atoms with Gasteiger partial charge < -0.3 is 21.3 Å². The molecule has 0 amide bonds. The lowest BCUT2D eigenvalue weighted by molar-refractivity contribution is -0.137. The summed E-state index contributed by atoms with van der Waals surface area (Å²) >= 11 is 0. The van der Waals surface area contributed by atoms with Gasteiger partial charge in [0.2, 0.25) is 0 Å². The summed E-state index contributed by atoms with van der Waals surface area (Å²) in [4.78, 5) is 17.5. The Balaban J connectivity index is 1.82. The number of aliphatic imine (C=N–C) groups is 1. The van der Waals surface area contributed by atoms with E-state index in [4.69, 9.17) is 11.5 Å². The van der Waals surface area contributed by atoms with Crippen LogP contribution in [0.1, 0.15) is 18.4 Å². The van der Waals surface area contributed by atoms with E-state index in [0.29, 0.717) is 36.6 Å². The molecular weight excluding hydrogens is 431 g/mol. The zero-order chi connectivity index (χ0) is 23.6. The number of anilines is 1. The van der Waals surface area contributed by atoms with Gasteiger partial charge in [0.25, 0.3) is 0 Å². The van der Waals surface area contributed by atoms with Gasteiger partial charge in [-0.3, -0.25) is 0 Å². The predicted molar refractivity (Wildman–Crippen MR) is 123 cm³/mol. The SMILES string of the molecule is CN1CCN(c2cc(/N=C(\N)C3=C(N)C=CCC3)nc(-c3ccccc3C(F)(F)F)n2)CC1. The third-order valence-corrected chi connectivity index (χ3v) is 5.75. The summed E-state index contributed by atoms with van der Waals surface area (Å²) in [5.74, 6) is 0.867. The van der Waals surface area contributed by atoms with Gasteiger partial charge in [0.05, 0.1) is 5.56 Å². The van der Waals surface area contributed by atoms with Crippen molar-refractivity contribution in [3.8, 4) is 11.4 Å². The fourth-order valence-corrected chi connectivity index (χ4v) is 3.87. The Bertz CT molecular complexity index is 1110. The summed E-state index contributed by atoms with van der Waals surface area (Å²) in [5, 5.41) is 0. The summed E-state index contributed by atoms with van der Waals surface area (Å²) < 4.78 is 41.1. The van der Waals surface area contributed by atoms with E-state index in [-0.39, 0.29) is 23.0 Å². The van der Waals surface area contributed by atoms with Gasteiger partial charge in [-0.1, -0.05) is 24.3 Å². The minimum absolute atomic E-state index is 0.0450. The van der Waals surface area contributed by atoms with Crippen molar-refractivity contribution in [1.82, 2.24) is 14.9 Å². The zero-order valence-corrected chi connectivity index (χ0v) is 18.3. The Morgan fingerprint density at radius 2 is 1.82 bits per heavy atom. The van der Waals surface area contributed by atoms with Crippen molar-refractivity contribution < 1.29 is 13.2 Å². The van der Waals surface area contributed by atoms with Crippen LogP contribution < -0.4 is 16.4 Å². The molecule has 0 unspecified atom stereocenters. The Morgan fingerprint density at radius 1 is 1.09 bits per heavy atom. The molecule has 1 aromatic carbocycles. The highest BCUT2D eigenvalue weighted by molar-refractivity contribution is 5.99. The number of hydrogen-bond acceptors (Lipinski definition) is 6. The maximum atomic E-state index is 13.7. The first kappa shape index (κ1) is 22.8. The van der Waals surface area contributed by atoms with Gasteiger partial charge >= 0.3 is 6.18 Å². The summed E-state index contributed by atoms with van der Waals surface area (Å²) in [7, 11) is 2.02. The Morgan fingerprint density at radius 3 is 2.52 bits per heavy atom. The molecule has 0 radical (unpaired) electrons. The molecule has 0 spiro atoms. The second kappa shape index (κ2) is 9.22. The van der Waals surface area contributed by atoms with Crippen LogP contribution in [0.15, 0.2) is 58.7 Å². The van der Waals surface area contributed by atoms with Crippen LogP contribution in [0, 0.1) is 0 Å². The number of hydrogen-bond donors (Lipinski definition) is 2. The maximum absolute atomic E-state index is 13.7. The summed E-state index contributed by atoms with van der Waals surface area (Å²) in [6.07, 6.45) is 0.612. The molecule has 2 aliphatic rings. The molecule has 0 bridgehead atoms. The quantitative estimate of drug-likeness (QED) is 0.539. The van der Waals surface area contributed by atoms with E-state index in [9.17, 15) is 13.2 Å². The number of halogens is 3. The van der Waals surface area contributed by atoms with Crippen LogP contribution in [0.5, 0.6) is 0 Å². The molecule has 1 aliphatic carbocycles. The fraction of sp³-hybridized carbons (Fsp3) is 0.348. The molecule has 0 atom stereocenters. The molecule has 4 rings (SSSR count). The monoisotopic (exact) mass is 457 g/mol. The number of rotatable bonds is 4. The van der Waals surface area contributed by atoms with Crippen molar-refractivity contribution >= 4 is 17.5 Å². The van der Waals surface area contributed by atoms with Crippen LogP contribution in [-0.2, 0) is 6.18 Å². The minimum Gasteiger partial charge on any atom is -0.398 e. The van der Waals surface area contributed by atoms with Gasteiger partial charge in [-0.15, -0.1) is 0 Å². The standard InChI is InChI=1S/C23H26F3N7/c1-32-10-12-33(13-11-32)20-14-19(29-21(28)16-7-3-5-9-18(16)27)30-22(31-20)15-6-2-4-8-17(15)23(24,25)26/h2,4-6,8-9,14H,3,7,10-13,27H2,1H3,(H2,28,29,30,31). The summed E-state index contributed by atoms with van der Waals surface area (Å²) in [6, 6.07) is 6.94. The van der Waals surface area contributed by atoms with Crippen LogP contribution in [-0.4, -0.2) is 53.9 Å². The molecule has 174 valence electrons. The van der Waals surface area contributed by atoms with E-state index >= 15 is 0 Å². The molecule has 0 saturated carbocycles. The van der Waals surface area contributed by atoms with Gasteiger partial charge in [0, 0.05) is 49.1 Å². The second-order valence-electron chi connectivity index (χ2n) is 8.11. The normalized spacial score (nSPS) is 18.2. The number of nitrogens with two attached hydrogens (primary N) is 2. The molecule has 1 saturated heterocycles. The van der Waals surface area contributed by atoms with E-state index in [1.165, 1.54) is 18.2 Å². The number of piperazine rings is 1. The molecule has 2 heterocycles. The summed E-state index contributed by atoms with van der Waals surface area (Å²) in [6.45, 7) is 3.01. The average Bonchev–Trinajstić information content (AvgIpc) is 2.79. The first-order chi connectivity index (χ1) is 15.7. The van der Waals surface area contributed by atoms with Crippen LogP contribution in [0.3, 0.4) is 0 Å². The molecule has 4 N–H and O–H groups in total. The second-order valence-corrected chi connectivity index (χ2v) is 8.11. The van der Waals surface area contributed by atoms with E-state index in [1.807, 2.05) is 18.0 Å². The van der Waals surface area contributed by atoms with E-state index < -0.39 is 11.7 Å². The van der Waals surface area contributed by atoms with E-state index in [1.54, 1.807) is 12.1 Å². The van der Waals surface area contributed by atoms with Crippen molar-refractivity contribution in [3.63, 3.8) is 0 Å². The third kappa shape index (κ3) is 5.16. The molecular formula is C23H26F3N7. The Kier molecular flexibility index (Phi) is 6.37. The van der Waals surface area contributed by atoms with Crippen molar-refractivity contribution in [2.24, 2.45) is 16.5 Å². The summed E-state index contributed by atoms with van der Waals surface area (Å²) in [5.41, 5.74) is 12.6. The lowest BCUT2D eigenvalue weighted by Gasteiger charge is -2.33. The number of benzene rings is 1. The van der Waals surface area contributed by atoms with Crippen molar-refractivity contribution in [2.45, 2.75) is 19.0 Å². The molecule has 10 heteroatoms. The molecule has 33 heavy (non-hydrogen) atoms. The Labute approximate surface area is 190 Å². The number of nitrogens with zero attached hydrogens (tertiary/aromatic N) is 5. The highest BCUT2D eigenvalue weighted by Crippen LogP contribution is 2.37. The van der Waals surface area contributed by atoms with Crippen LogP contribution >= 0.6 is 0 Å². The van der Waals surface area contributed by atoms with Crippen molar-refractivity contribution in [3.05, 3.63) is 59.3 Å². The number of aromatic nitrogens is 2. The minimum atomic E-state index is -4.54. The number of allylic oxidation sites excluding steroid dienone is 2.